The molecule has 0 heterocycles. The van der Waals surface area contributed by atoms with Crippen LogP contribution in [-0.4, -0.2) is 0 Å². The molecule has 0 aliphatic heterocycles. The highest BCUT2D eigenvalue weighted by Crippen LogP contribution is 2.63. The van der Waals surface area contributed by atoms with Crippen molar-refractivity contribution >= 4 is 38.6 Å². The minimum atomic E-state index is -0.405. The highest BCUT2D eigenvalue weighted by atomic mass is 15.1. The topological polar surface area (TPSA) is 3.24 Å². The van der Waals surface area contributed by atoms with Crippen LogP contribution in [0.3, 0.4) is 0 Å². The first-order valence-corrected chi connectivity index (χ1v) is 19.8. The van der Waals surface area contributed by atoms with E-state index in [1.54, 1.807) is 0 Å². The molecule has 10 rings (SSSR count). The Morgan fingerprint density at radius 3 is 1.23 bits per heavy atom. The molecule has 0 aromatic heterocycles. The van der Waals surface area contributed by atoms with Crippen LogP contribution in [0.15, 0.2) is 177 Å². The van der Waals surface area contributed by atoms with Crippen LogP contribution in [0, 0.1) is 0 Å². The molecule has 0 fully saturated rings. The van der Waals surface area contributed by atoms with Crippen molar-refractivity contribution in [2.75, 3.05) is 4.90 Å². The molecule has 0 unspecified atom stereocenters. The maximum absolute atomic E-state index is 3.00. The minimum Gasteiger partial charge on any atom is -0.310 e. The molecule has 0 saturated heterocycles. The number of nitrogens with zero attached hydrogens (tertiary/aromatic N) is 1. The van der Waals surface area contributed by atoms with Crippen molar-refractivity contribution < 1.29 is 0 Å². The van der Waals surface area contributed by atoms with Crippen molar-refractivity contribution in [3.63, 3.8) is 0 Å². The molecular formula is C55H49N. The van der Waals surface area contributed by atoms with Gasteiger partial charge in [0.1, 0.15) is 0 Å². The fourth-order valence-electron chi connectivity index (χ4n) is 9.36. The van der Waals surface area contributed by atoms with Crippen molar-refractivity contribution in [3.8, 4) is 22.3 Å². The normalized spacial score (nSPS) is 13.5. The number of anilines is 3. The summed E-state index contributed by atoms with van der Waals surface area (Å²) in [6, 6.07) is 62.2. The number of hydrogen-bond acceptors (Lipinski definition) is 1. The second kappa shape index (κ2) is 13.0. The van der Waals surface area contributed by atoms with Gasteiger partial charge in [0.05, 0.1) is 5.41 Å². The Kier molecular flexibility index (Phi) is 8.22. The monoisotopic (exact) mass is 723 g/mol. The SMILES string of the molecule is C=C.CC(C)(C)c1ccc(N(c2ccc(C(C)(C)C)cc2)c2ccc3cc4c(cc3c2)C2(c3ccccc3-c3ccccc32)c2cc3ccccc3cc2-4)cc1. The highest BCUT2D eigenvalue weighted by molar-refractivity contribution is 6.04. The van der Waals surface area contributed by atoms with Gasteiger partial charge in [0, 0.05) is 17.1 Å². The van der Waals surface area contributed by atoms with Gasteiger partial charge in [-0.2, -0.15) is 0 Å². The minimum absolute atomic E-state index is 0.0813. The van der Waals surface area contributed by atoms with E-state index in [-0.39, 0.29) is 10.8 Å². The molecule has 274 valence electrons. The van der Waals surface area contributed by atoms with E-state index in [0.717, 1.165) is 17.1 Å². The lowest BCUT2D eigenvalue weighted by Crippen LogP contribution is -2.25. The number of fused-ring (bicyclic) bond motifs is 12. The number of benzene rings is 8. The van der Waals surface area contributed by atoms with Crippen molar-refractivity contribution in [3.05, 3.63) is 210 Å². The standard InChI is InChI=1S/C53H45N.C2H4/c1-51(2,3)38-20-25-40(26-21-38)54(41-27-22-39(23-28-41)52(4,5)6)42-24-19-36-31-46-45-30-34-13-7-8-14-35(34)32-49(45)53(50(46)33-37(36)29-42)47-17-11-9-15-43(47)44-16-10-12-18-48(44)53;1-2/h7-33H,1-6H3;1-2H2. The molecule has 0 atom stereocenters. The fourth-order valence-corrected chi connectivity index (χ4v) is 9.36. The van der Waals surface area contributed by atoms with E-state index in [1.807, 2.05) is 0 Å². The van der Waals surface area contributed by atoms with Crippen molar-refractivity contribution in [1.29, 1.82) is 0 Å². The maximum Gasteiger partial charge on any atom is 0.0725 e. The van der Waals surface area contributed by atoms with Crippen LogP contribution >= 0.6 is 0 Å². The number of hydrogen-bond donors (Lipinski definition) is 0. The Morgan fingerprint density at radius 2 is 0.750 bits per heavy atom. The zero-order chi connectivity index (χ0) is 39.0. The van der Waals surface area contributed by atoms with Crippen LogP contribution in [0.5, 0.6) is 0 Å². The van der Waals surface area contributed by atoms with Crippen LogP contribution < -0.4 is 4.90 Å². The Balaban J connectivity index is 0.00000202. The molecule has 1 nitrogen and oxygen atoms in total. The molecule has 0 radical (unpaired) electrons. The van der Waals surface area contributed by atoms with Gasteiger partial charge >= 0.3 is 0 Å². The van der Waals surface area contributed by atoms with E-state index in [2.05, 4.69) is 223 Å². The molecule has 1 heteroatoms. The Hall–Kier alpha value is -6.18. The first-order chi connectivity index (χ1) is 27.0. The van der Waals surface area contributed by atoms with Gasteiger partial charge in [-0.1, -0.05) is 145 Å². The Morgan fingerprint density at radius 1 is 0.357 bits per heavy atom. The van der Waals surface area contributed by atoms with Gasteiger partial charge in [-0.15, -0.1) is 13.2 Å². The molecule has 8 aromatic rings. The fraction of sp³-hybridized carbons (Fsp3) is 0.164. The molecule has 0 N–H and O–H groups in total. The largest absolute Gasteiger partial charge is 0.310 e. The van der Waals surface area contributed by atoms with Gasteiger partial charge in [-0.05, 0) is 149 Å². The quantitative estimate of drug-likeness (QED) is 0.164. The molecule has 1 spiro atoms. The van der Waals surface area contributed by atoms with Gasteiger partial charge in [0.25, 0.3) is 0 Å². The van der Waals surface area contributed by atoms with Crippen molar-refractivity contribution in [2.45, 2.75) is 57.8 Å². The summed E-state index contributed by atoms with van der Waals surface area (Å²) in [6.07, 6.45) is 0. The third-order valence-electron chi connectivity index (χ3n) is 12.1. The predicted octanol–water partition coefficient (Wildman–Crippen LogP) is 15.2. The first kappa shape index (κ1) is 35.5. The molecular weight excluding hydrogens is 675 g/mol. The van der Waals surface area contributed by atoms with E-state index < -0.39 is 5.41 Å². The average molecular weight is 724 g/mol. The van der Waals surface area contributed by atoms with Gasteiger partial charge in [-0.25, -0.2) is 0 Å². The second-order valence-corrected chi connectivity index (χ2v) is 17.4. The molecule has 0 amide bonds. The van der Waals surface area contributed by atoms with Crippen molar-refractivity contribution in [2.24, 2.45) is 0 Å². The molecule has 2 aliphatic carbocycles. The Bertz CT molecular complexity index is 2680. The van der Waals surface area contributed by atoms with E-state index in [4.69, 9.17) is 0 Å². The summed E-state index contributed by atoms with van der Waals surface area (Å²) in [4.78, 5) is 2.42. The van der Waals surface area contributed by atoms with Crippen LogP contribution in [0.25, 0.3) is 43.8 Å². The lowest BCUT2D eigenvalue weighted by molar-refractivity contribution is 0.590. The third kappa shape index (κ3) is 5.36. The second-order valence-electron chi connectivity index (χ2n) is 17.4. The van der Waals surface area contributed by atoms with E-state index in [9.17, 15) is 0 Å². The zero-order valence-electron chi connectivity index (χ0n) is 33.4. The van der Waals surface area contributed by atoms with E-state index >= 15 is 0 Å². The van der Waals surface area contributed by atoms with Gasteiger partial charge in [-0.3, -0.25) is 0 Å². The summed E-state index contributed by atoms with van der Waals surface area (Å²) < 4.78 is 0. The lowest BCUT2D eigenvalue weighted by Gasteiger charge is -2.31. The lowest BCUT2D eigenvalue weighted by atomic mass is 9.70. The molecule has 0 saturated carbocycles. The first-order valence-electron chi connectivity index (χ1n) is 19.8. The average Bonchev–Trinajstić information content (AvgIpc) is 3.66. The smallest absolute Gasteiger partial charge is 0.0725 e. The Labute approximate surface area is 332 Å². The molecule has 0 bridgehead atoms. The van der Waals surface area contributed by atoms with E-state index in [1.165, 1.54) is 77.2 Å². The third-order valence-corrected chi connectivity index (χ3v) is 12.1. The van der Waals surface area contributed by atoms with Gasteiger partial charge in [0.15, 0.2) is 0 Å². The van der Waals surface area contributed by atoms with Gasteiger partial charge < -0.3 is 4.90 Å². The predicted molar refractivity (Wildman–Crippen MR) is 241 cm³/mol. The molecule has 8 aromatic carbocycles. The van der Waals surface area contributed by atoms with Gasteiger partial charge in [0.2, 0.25) is 0 Å². The maximum atomic E-state index is 3.00. The summed E-state index contributed by atoms with van der Waals surface area (Å²) in [6.45, 7) is 19.7. The number of rotatable bonds is 3. The summed E-state index contributed by atoms with van der Waals surface area (Å²) >= 11 is 0. The summed E-state index contributed by atoms with van der Waals surface area (Å²) in [5.74, 6) is 0. The van der Waals surface area contributed by atoms with Crippen LogP contribution in [0.4, 0.5) is 17.1 Å². The van der Waals surface area contributed by atoms with E-state index in [0.29, 0.717) is 0 Å². The van der Waals surface area contributed by atoms with Crippen LogP contribution in [0.2, 0.25) is 0 Å². The van der Waals surface area contributed by atoms with Crippen LogP contribution in [0.1, 0.15) is 74.9 Å². The molecule has 56 heavy (non-hydrogen) atoms. The molecule has 2 aliphatic rings. The summed E-state index contributed by atoms with van der Waals surface area (Å²) in [7, 11) is 0. The zero-order valence-corrected chi connectivity index (χ0v) is 33.4. The summed E-state index contributed by atoms with van der Waals surface area (Å²) in [5, 5.41) is 5.05. The summed E-state index contributed by atoms with van der Waals surface area (Å²) in [5.41, 5.74) is 16.7. The van der Waals surface area contributed by atoms with Crippen molar-refractivity contribution in [1.82, 2.24) is 0 Å². The highest BCUT2D eigenvalue weighted by Gasteiger charge is 2.51. The van der Waals surface area contributed by atoms with Crippen LogP contribution in [-0.2, 0) is 16.2 Å².